The van der Waals surface area contributed by atoms with E-state index in [1.807, 2.05) is 48.5 Å². The number of nitrogens with one attached hydrogen (secondary N) is 2. The molecule has 5 nitrogen and oxygen atoms in total. The van der Waals surface area contributed by atoms with Crippen LogP contribution in [0.25, 0.3) is 6.08 Å². The van der Waals surface area contributed by atoms with E-state index in [2.05, 4.69) is 17.2 Å². The van der Waals surface area contributed by atoms with Crippen molar-refractivity contribution in [1.29, 1.82) is 0 Å². The molecule has 0 aromatic heterocycles. The van der Waals surface area contributed by atoms with Gasteiger partial charge in [-0.15, -0.1) is 0 Å². The molecule has 0 saturated carbocycles. The summed E-state index contributed by atoms with van der Waals surface area (Å²) >= 11 is 0. The number of hydrogen-bond donors (Lipinski definition) is 2. The Morgan fingerprint density at radius 1 is 1.11 bits per heavy atom. The molecule has 0 aliphatic heterocycles. The predicted molar refractivity (Wildman–Crippen MR) is 110 cm³/mol. The number of amides is 1. The van der Waals surface area contributed by atoms with Gasteiger partial charge in [0.2, 0.25) is 5.91 Å². The van der Waals surface area contributed by atoms with Crippen LogP contribution in [-0.4, -0.2) is 32.7 Å². The maximum atomic E-state index is 11.9. The van der Waals surface area contributed by atoms with E-state index in [1.54, 1.807) is 19.3 Å². The molecule has 2 aromatic rings. The number of para-hydroxylation sites is 1. The van der Waals surface area contributed by atoms with Crippen LogP contribution >= 0.6 is 0 Å². The Labute approximate surface area is 160 Å². The third-order valence-corrected chi connectivity index (χ3v) is 3.73. The van der Waals surface area contributed by atoms with Gasteiger partial charge in [0.25, 0.3) is 0 Å². The number of benzene rings is 2. The van der Waals surface area contributed by atoms with Crippen molar-refractivity contribution in [3.05, 3.63) is 72.8 Å². The average molecular weight is 366 g/mol. The molecule has 2 rings (SSSR count). The smallest absolute Gasteiger partial charge is 0.244 e. The van der Waals surface area contributed by atoms with Crippen LogP contribution < -0.4 is 20.1 Å². The Morgan fingerprint density at radius 2 is 1.93 bits per heavy atom. The highest BCUT2D eigenvalue weighted by atomic mass is 16.5. The van der Waals surface area contributed by atoms with E-state index < -0.39 is 0 Å². The molecule has 2 aromatic carbocycles. The highest BCUT2D eigenvalue weighted by Gasteiger charge is 2.04. The van der Waals surface area contributed by atoms with Crippen LogP contribution in [0, 0.1) is 0 Å². The average Bonchev–Trinajstić information content (AvgIpc) is 2.71. The SMILES string of the molecule is C=CCOc1ccc(C=CC(=O)NCCCNc2ccccc2)cc1OC. The first kappa shape index (κ1) is 20.1. The molecule has 0 aliphatic carbocycles. The Kier molecular flexibility index (Phi) is 8.50. The van der Waals surface area contributed by atoms with Crippen LogP contribution in [0.2, 0.25) is 0 Å². The first-order valence-corrected chi connectivity index (χ1v) is 8.89. The van der Waals surface area contributed by atoms with Crippen molar-refractivity contribution in [3.63, 3.8) is 0 Å². The van der Waals surface area contributed by atoms with Crippen molar-refractivity contribution in [3.8, 4) is 11.5 Å². The Balaban J connectivity index is 1.74. The number of carbonyl (C=O) groups excluding carboxylic acids is 1. The summed E-state index contributed by atoms with van der Waals surface area (Å²) in [5.41, 5.74) is 1.94. The minimum absolute atomic E-state index is 0.124. The standard InChI is InChI=1S/C22H26N2O3/c1-3-16-27-20-12-10-18(17-21(20)26-2)11-13-22(25)24-15-7-14-23-19-8-5-4-6-9-19/h3-6,8-13,17,23H,1,7,14-16H2,2H3,(H,24,25). The highest BCUT2D eigenvalue weighted by molar-refractivity contribution is 5.91. The van der Waals surface area contributed by atoms with Gasteiger partial charge in [-0.25, -0.2) is 0 Å². The number of anilines is 1. The lowest BCUT2D eigenvalue weighted by Gasteiger charge is -2.09. The van der Waals surface area contributed by atoms with Gasteiger partial charge in [-0.05, 0) is 42.3 Å². The molecule has 0 saturated heterocycles. The van der Waals surface area contributed by atoms with Crippen LogP contribution in [0.15, 0.2) is 67.3 Å². The van der Waals surface area contributed by atoms with Gasteiger partial charge in [-0.3, -0.25) is 4.79 Å². The van der Waals surface area contributed by atoms with Gasteiger partial charge >= 0.3 is 0 Å². The van der Waals surface area contributed by atoms with Gasteiger partial charge in [0.1, 0.15) is 6.61 Å². The molecule has 0 bridgehead atoms. The maximum absolute atomic E-state index is 11.9. The third-order valence-electron chi connectivity index (χ3n) is 3.73. The third kappa shape index (κ3) is 7.28. The van der Waals surface area contributed by atoms with Crippen LogP contribution in [0.4, 0.5) is 5.69 Å². The molecule has 27 heavy (non-hydrogen) atoms. The molecule has 0 fully saturated rings. The van der Waals surface area contributed by atoms with Crippen LogP contribution in [-0.2, 0) is 4.79 Å². The number of ether oxygens (including phenoxy) is 2. The quantitative estimate of drug-likeness (QED) is 0.360. The lowest BCUT2D eigenvalue weighted by atomic mass is 10.2. The second-order valence-corrected chi connectivity index (χ2v) is 5.78. The molecule has 1 amide bonds. The summed E-state index contributed by atoms with van der Waals surface area (Å²) in [6, 6.07) is 15.5. The second-order valence-electron chi connectivity index (χ2n) is 5.78. The van der Waals surface area contributed by atoms with E-state index in [0.29, 0.717) is 24.7 Å². The molecule has 5 heteroatoms. The summed E-state index contributed by atoms with van der Waals surface area (Å²) in [6.07, 6.45) is 5.78. The fourth-order valence-electron chi connectivity index (χ4n) is 2.38. The molecule has 0 unspecified atom stereocenters. The minimum atomic E-state index is -0.124. The first-order chi connectivity index (χ1) is 13.2. The molecular weight excluding hydrogens is 340 g/mol. The van der Waals surface area contributed by atoms with Crippen LogP contribution in [0.3, 0.4) is 0 Å². The number of carbonyl (C=O) groups is 1. The minimum Gasteiger partial charge on any atom is -0.493 e. The molecule has 0 aliphatic rings. The topological polar surface area (TPSA) is 59.6 Å². The Bertz CT molecular complexity index is 757. The largest absolute Gasteiger partial charge is 0.493 e. The molecule has 2 N–H and O–H groups in total. The fourth-order valence-corrected chi connectivity index (χ4v) is 2.38. The second kappa shape index (κ2) is 11.4. The van der Waals surface area contributed by atoms with Gasteiger partial charge in [-0.2, -0.15) is 0 Å². The molecule has 0 spiro atoms. The molecule has 0 atom stereocenters. The summed E-state index contributed by atoms with van der Waals surface area (Å²) in [5, 5.41) is 6.18. The van der Waals surface area contributed by atoms with Gasteiger partial charge < -0.3 is 20.1 Å². The van der Waals surface area contributed by atoms with Crippen LogP contribution in [0.5, 0.6) is 11.5 Å². The molecule has 0 heterocycles. The number of methoxy groups -OCH3 is 1. The maximum Gasteiger partial charge on any atom is 0.244 e. The number of rotatable bonds is 11. The zero-order valence-corrected chi connectivity index (χ0v) is 15.6. The molecular formula is C22H26N2O3. The summed E-state index contributed by atoms with van der Waals surface area (Å²) in [6.45, 7) is 5.45. The zero-order valence-electron chi connectivity index (χ0n) is 15.6. The van der Waals surface area contributed by atoms with Crippen molar-refractivity contribution in [2.24, 2.45) is 0 Å². The van der Waals surface area contributed by atoms with E-state index in [9.17, 15) is 4.79 Å². The van der Waals surface area contributed by atoms with Gasteiger partial charge in [0.15, 0.2) is 11.5 Å². The van der Waals surface area contributed by atoms with Crippen LogP contribution in [0.1, 0.15) is 12.0 Å². The van der Waals surface area contributed by atoms with Gasteiger partial charge in [0.05, 0.1) is 7.11 Å². The lowest BCUT2D eigenvalue weighted by Crippen LogP contribution is -2.23. The summed E-state index contributed by atoms with van der Waals surface area (Å²) in [4.78, 5) is 11.9. The summed E-state index contributed by atoms with van der Waals surface area (Å²) in [5.74, 6) is 1.14. The van der Waals surface area contributed by atoms with E-state index in [4.69, 9.17) is 9.47 Å². The van der Waals surface area contributed by atoms with E-state index in [0.717, 1.165) is 24.2 Å². The first-order valence-electron chi connectivity index (χ1n) is 8.89. The Morgan fingerprint density at radius 3 is 2.67 bits per heavy atom. The van der Waals surface area contributed by atoms with E-state index in [1.165, 1.54) is 6.08 Å². The zero-order chi connectivity index (χ0) is 19.3. The monoisotopic (exact) mass is 366 g/mol. The van der Waals surface area contributed by atoms with E-state index >= 15 is 0 Å². The summed E-state index contributed by atoms with van der Waals surface area (Å²) < 4.78 is 10.8. The number of hydrogen-bond acceptors (Lipinski definition) is 4. The van der Waals surface area contributed by atoms with Crippen molar-refractivity contribution in [2.75, 3.05) is 32.1 Å². The lowest BCUT2D eigenvalue weighted by molar-refractivity contribution is -0.116. The van der Waals surface area contributed by atoms with Crippen molar-refractivity contribution < 1.29 is 14.3 Å². The van der Waals surface area contributed by atoms with Crippen molar-refractivity contribution >= 4 is 17.7 Å². The summed E-state index contributed by atoms with van der Waals surface area (Å²) in [7, 11) is 1.58. The van der Waals surface area contributed by atoms with Crippen molar-refractivity contribution in [1.82, 2.24) is 5.32 Å². The van der Waals surface area contributed by atoms with E-state index in [-0.39, 0.29) is 5.91 Å². The normalized spacial score (nSPS) is 10.4. The Hall–Kier alpha value is -3.21. The van der Waals surface area contributed by atoms with Crippen molar-refractivity contribution in [2.45, 2.75) is 6.42 Å². The molecule has 142 valence electrons. The van der Waals surface area contributed by atoms with Gasteiger partial charge in [0, 0.05) is 24.9 Å². The molecule has 0 radical (unpaired) electrons. The highest BCUT2D eigenvalue weighted by Crippen LogP contribution is 2.28. The fraction of sp³-hybridized carbons (Fsp3) is 0.227. The van der Waals surface area contributed by atoms with Gasteiger partial charge in [-0.1, -0.05) is 36.9 Å². The predicted octanol–water partition coefficient (Wildman–Crippen LogP) is 3.89.